The van der Waals surface area contributed by atoms with Crippen LogP contribution in [0.4, 0.5) is 11.4 Å². The Labute approximate surface area is 235 Å². The minimum Gasteiger partial charge on any atom is -0.540 e. The van der Waals surface area contributed by atoms with Gasteiger partial charge in [0.15, 0.2) is 0 Å². The third-order valence-electron chi connectivity index (χ3n) is 5.57. The van der Waals surface area contributed by atoms with E-state index in [1.54, 1.807) is 26.6 Å². The Morgan fingerprint density at radius 2 is 1.03 bits per heavy atom. The monoisotopic (exact) mass is 677 g/mol. The van der Waals surface area contributed by atoms with E-state index >= 15 is 0 Å². The van der Waals surface area contributed by atoms with Crippen LogP contribution < -0.4 is 19.3 Å². The Balaban J connectivity index is 0.000000253. The first-order valence-electron chi connectivity index (χ1n) is 11.6. The van der Waals surface area contributed by atoms with Crippen molar-refractivity contribution in [2.45, 2.75) is 13.8 Å². The van der Waals surface area contributed by atoms with E-state index in [1.165, 1.54) is 0 Å². The standard InChI is InChI=1S/2C15H17N2O.Pt/c2*1-11-5-6-13(15(9-11)18-4)14-10-12(17(2)3)7-8-16-14;/h2*5,7-10H,1-4H3;/q2*-1;+2. The number of aryl methyl sites for hydroxylation is 2. The first kappa shape index (κ1) is 29.9. The Kier molecular flexibility index (Phi) is 11.1. The van der Waals surface area contributed by atoms with Crippen molar-refractivity contribution >= 4 is 11.4 Å². The predicted molar refractivity (Wildman–Crippen MR) is 148 cm³/mol. The van der Waals surface area contributed by atoms with Crippen molar-refractivity contribution in [3.05, 3.63) is 84.2 Å². The maximum absolute atomic E-state index is 5.40. The number of pyridine rings is 2. The molecule has 0 amide bonds. The third-order valence-corrected chi connectivity index (χ3v) is 5.57. The predicted octanol–water partition coefficient (Wildman–Crippen LogP) is 5.86. The van der Waals surface area contributed by atoms with Crippen LogP contribution in [0.3, 0.4) is 0 Å². The summed E-state index contributed by atoms with van der Waals surface area (Å²) in [4.78, 5) is 12.9. The van der Waals surface area contributed by atoms with Gasteiger partial charge in [0, 0.05) is 63.5 Å². The Morgan fingerprint density at radius 1 is 0.649 bits per heavy atom. The number of hydrogen-bond donors (Lipinski definition) is 0. The van der Waals surface area contributed by atoms with Gasteiger partial charge in [-0.05, 0) is 23.5 Å². The number of ether oxygens (including phenoxy) is 2. The molecule has 2 aromatic carbocycles. The van der Waals surface area contributed by atoms with E-state index in [0.717, 1.165) is 56.5 Å². The number of nitrogens with zero attached hydrogens (tertiary/aromatic N) is 4. The van der Waals surface area contributed by atoms with E-state index in [4.69, 9.17) is 9.47 Å². The Morgan fingerprint density at radius 3 is 1.35 bits per heavy atom. The average molecular weight is 678 g/mol. The van der Waals surface area contributed by atoms with Crippen molar-refractivity contribution in [1.29, 1.82) is 0 Å². The summed E-state index contributed by atoms with van der Waals surface area (Å²) in [5.74, 6) is 1.61. The quantitative estimate of drug-likeness (QED) is 0.239. The molecule has 0 aliphatic heterocycles. The summed E-state index contributed by atoms with van der Waals surface area (Å²) < 4.78 is 10.8. The summed E-state index contributed by atoms with van der Waals surface area (Å²) in [7, 11) is 11.4. The van der Waals surface area contributed by atoms with Crippen LogP contribution in [0.5, 0.6) is 11.5 Å². The molecule has 0 aliphatic carbocycles. The fourth-order valence-corrected chi connectivity index (χ4v) is 3.55. The van der Waals surface area contributed by atoms with Crippen LogP contribution in [0.1, 0.15) is 11.1 Å². The van der Waals surface area contributed by atoms with Crippen LogP contribution in [0.15, 0.2) is 60.9 Å². The zero-order valence-electron chi connectivity index (χ0n) is 22.7. The van der Waals surface area contributed by atoms with Crippen molar-refractivity contribution in [2.75, 3.05) is 52.2 Å². The van der Waals surface area contributed by atoms with Crippen LogP contribution in [-0.2, 0) is 21.1 Å². The number of rotatable bonds is 6. The van der Waals surface area contributed by atoms with E-state index in [1.807, 2.05) is 100 Å². The molecule has 2 aromatic heterocycles. The number of hydrogen-bond acceptors (Lipinski definition) is 6. The van der Waals surface area contributed by atoms with Crippen molar-refractivity contribution < 1.29 is 30.5 Å². The Hall–Kier alpha value is -3.37. The molecule has 0 saturated heterocycles. The first-order chi connectivity index (χ1) is 17.2. The van der Waals surface area contributed by atoms with Gasteiger partial charge in [-0.25, -0.2) is 0 Å². The van der Waals surface area contributed by atoms with Gasteiger partial charge in [0.05, 0.1) is 14.2 Å². The van der Waals surface area contributed by atoms with Crippen LogP contribution in [0.25, 0.3) is 22.5 Å². The van der Waals surface area contributed by atoms with Crippen molar-refractivity contribution in [3.63, 3.8) is 0 Å². The summed E-state index contributed by atoms with van der Waals surface area (Å²) in [6, 6.07) is 22.4. The summed E-state index contributed by atoms with van der Waals surface area (Å²) in [6.07, 6.45) is 3.61. The molecule has 4 rings (SSSR count). The second kappa shape index (κ2) is 13.8. The maximum atomic E-state index is 5.40. The molecule has 0 atom stereocenters. The van der Waals surface area contributed by atoms with E-state index in [9.17, 15) is 0 Å². The van der Waals surface area contributed by atoms with Gasteiger partial charge >= 0.3 is 21.1 Å². The van der Waals surface area contributed by atoms with Gasteiger partial charge in [-0.3, -0.25) is 0 Å². The molecule has 0 fully saturated rings. The molecular weight excluding hydrogens is 643 g/mol. The van der Waals surface area contributed by atoms with E-state index in [-0.39, 0.29) is 21.1 Å². The van der Waals surface area contributed by atoms with Gasteiger partial charge < -0.3 is 29.2 Å². The fraction of sp³-hybridized carbons (Fsp3) is 0.267. The van der Waals surface area contributed by atoms with Crippen LogP contribution >= 0.6 is 0 Å². The zero-order valence-corrected chi connectivity index (χ0v) is 25.0. The third kappa shape index (κ3) is 7.80. The van der Waals surface area contributed by atoms with Crippen molar-refractivity contribution in [3.8, 4) is 34.0 Å². The summed E-state index contributed by atoms with van der Waals surface area (Å²) in [5, 5.41) is 0. The van der Waals surface area contributed by atoms with E-state index < -0.39 is 0 Å². The second-order valence-corrected chi connectivity index (χ2v) is 8.83. The van der Waals surface area contributed by atoms with Gasteiger partial charge in [0.1, 0.15) is 0 Å². The van der Waals surface area contributed by atoms with Crippen LogP contribution in [-0.4, -0.2) is 52.4 Å². The van der Waals surface area contributed by atoms with E-state index in [0.29, 0.717) is 0 Å². The molecule has 0 spiro atoms. The summed E-state index contributed by atoms with van der Waals surface area (Å²) in [5.41, 5.74) is 8.00. The molecule has 0 saturated carbocycles. The number of benzene rings is 2. The minimum atomic E-state index is 0. The molecule has 0 bridgehead atoms. The van der Waals surface area contributed by atoms with E-state index in [2.05, 4.69) is 22.1 Å². The second-order valence-electron chi connectivity index (χ2n) is 8.83. The Bertz CT molecular complexity index is 1210. The molecule has 6 nitrogen and oxygen atoms in total. The van der Waals surface area contributed by atoms with Crippen molar-refractivity contribution in [1.82, 2.24) is 9.97 Å². The van der Waals surface area contributed by atoms with Gasteiger partial charge in [-0.2, -0.15) is 0 Å². The fourth-order valence-electron chi connectivity index (χ4n) is 3.55. The molecule has 4 aromatic rings. The normalized spacial score (nSPS) is 9.95. The molecule has 0 N–H and O–H groups in total. The largest absolute Gasteiger partial charge is 2.00 e. The summed E-state index contributed by atoms with van der Waals surface area (Å²) in [6.45, 7) is 4.04. The SMILES string of the molecule is COc1cc(C)c[c-]c1-c1cc(N(C)C)ccn1.COc1cc(C)c[c-]c1-c1cc(N(C)C)ccn1.[Pt+2]. The molecule has 37 heavy (non-hydrogen) atoms. The van der Waals surface area contributed by atoms with Gasteiger partial charge in [-0.15, -0.1) is 47.5 Å². The topological polar surface area (TPSA) is 50.7 Å². The number of methoxy groups -OCH3 is 2. The zero-order chi connectivity index (χ0) is 26.2. The molecule has 196 valence electrons. The van der Waals surface area contributed by atoms with Crippen LogP contribution in [0, 0.1) is 26.0 Å². The molecular formula is C30H34N4O2Pt. The molecule has 0 unspecified atom stereocenters. The van der Waals surface area contributed by atoms with Gasteiger partial charge in [0.25, 0.3) is 0 Å². The molecule has 0 aliphatic rings. The molecule has 2 heterocycles. The number of aromatic nitrogens is 2. The van der Waals surface area contributed by atoms with Crippen LogP contribution in [0.2, 0.25) is 0 Å². The minimum absolute atomic E-state index is 0. The smallest absolute Gasteiger partial charge is 0.540 e. The molecule has 7 heteroatoms. The first-order valence-corrected chi connectivity index (χ1v) is 11.6. The van der Waals surface area contributed by atoms with Gasteiger partial charge in [0.2, 0.25) is 0 Å². The maximum Gasteiger partial charge on any atom is 2.00 e. The molecule has 0 radical (unpaired) electrons. The number of anilines is 2. The average Bonchev–Trinajstić information content (AvgIpc) is 2.89. The summed E-state index contributed by atoms with van der Waals surface area (Å²) >= 11 is 0. The van der Waals surface area contributed by atoms with Gasteiger partial charge in [-0.1, -0.05) is 37.1 Å². The van der Waals surface area contributed by atoms with Crippen molar-refractivity contribution in [2.24, 2.45) is 0 Å².